The van der Waals surface area contributed by atoms with Gasteiger partial charge in [0.15, 0.2) is 0 Å². The summed E-state index contributed by atoms with van der Waals surface area (Å²) in [6.45, 7) is 2.05. The minimum absolute atomic E-state index is 0.0231. The van der Waals surface area contributed by atoms with Gasteiger partial charge >= 0.3 is 0 Å². The number of anilines is 1. The molecule has 3 aromatic rings. The zero-order valence-corrected chi connectivity index (χ0v) is 12.5. The molecule has 2 aromatic heterocycles. The molecule has 1 aromatic carbocycles. The van der Waals surface area contributed by atoms with Crippen LogP contribution in [0.4, 0.5) is 5.13 Å². The second-order valence-electron chi connectivity index (χ2n) is 4.61. The van der Waals surface area contributed by atoms with Crippen molar-refractivity contribution < 1.29 is 0 Å². The number of nitrogens with one attached hydrogen (secondary N) is 1. The van der Waals surface area contributed by atoms with Crippen LogP contribution in [0, 0.1) is 0 Å². The van der Waals surface area contributed by atoms with Crippen LogP contribution in [0.3, 0.4) is 0 Å². The second kappa shape index (κ2) is 6.45. The van der Waals surface area contributed by atoms with Crippen molar-refractivity contribution >= 4 is 16.7 Å². The Morgan fingerprint density at radius 1 is 1.10 bits per heavy atom. The molecule has 106 valence electrons. The van der Waals surface area contributed by atoms with Crippen LogP contribution in [0.15, 0.2) is 54.7 Å². The lowest BCUT2D eigenvalue weighted by Crippen LogP contribution is -2.13. The fourth-order valence-corrected chi connectivity index (χ4v) is 2.78. The fraction of sp³-hybridized carbons (Fsp3) is 0.188. The van der Waals surface area contributed by atoms with E-state index >= 15 is 0 Å². The van der Waals surface area contributed by atoms with Crippen molar-refractivity contribution in [1.29, 1.82) is 0 Å². The summed E-state index contributed by atoms with van der Waals surface area (Å²) in [5, 5.41) is 4.27. The van der Waals surface area contributed by atoms with E-state index in [0.29, 0.717) is 0 Å². The molecule has 0 bridgehead atoms. The van der Waals surface area contributed by atoms with Crippen molar-refractivity contribution in [3.8, 4) is 0 Å². The number of hydrogen-bond donors (Lipinski definition) is 1. The Morgan fingerprint density at radius 3 is 2.57 bits per heavy atom. The number of rotatable bonds is 5. The first-order valence-corrected chi connectivity index (χ1v) is 7.69. The van der Waals surface area contributed by atoms with Gasteiger partial charge in [-0.3, -0.25) is 4.98 Å². The van der Waals surface area contributed by atoms with E-state index in [1.807, 2.05) is 42.6 Å². The highest BCUT2D eigenvalue weighted by Crippen LogP contribution is 2.26. The molecule has 0 spiro atoms. The van der Waals surface area contributed by atoms with Crippen LogP contribution < -0.4 is 5.32 Å². The van der Waals surface area contributed by atoms with Crippen LogP contribution in [0.1, 0.15) is 30.0 Å². The third-order valence-electron chi connectivity index (χ3n) is 3.17. The molecule has 0 fully saturated rings. The highest BCUT2D eigenvalue weighted by atomic mass is 32.1. The summed E-state index contributed by atoms with van der Waals surface area (Å²) >= 11 is 1.39. The van der Waals surface area contributed by atoms with Gasteiger partial charge < -0.3 is 5.32 Å². The third kappa shape index (κ3) is 3.25. The van der Waals surface area contributed by atoms with Gasteiger partial charge in [0.2, 0.25) is 5.13 Å². The number of aryl methyl sites for hydroxylation is 1. The molecule has 0 radical (unpaired) electrons. The summed E-state index contributed by atoms with van der Waals surface area (Å²) in [6.07, 6.45) is 2.66. The Hall–Kier alpha value is -2.27. The molecule has 1 N–H and O–H groups in total. The molecule has 3 rings (SSSR count). The minimum Gasteiger partial charge on any atom is -0.348 e. The summed E-state index contributed by atoms with van der Waals surface area (Å²) in [4.78, 5) is 8.96. The first-order valence-electron chi connectivity index (χ1n) is 6.92. The molecule has 1 atom stereocenters. The molecule has 1 unspecified atom stereocenters. The average molecular weight is 296 g/mol. The Balaban J connectivity index is 1.93. The molecule has 0 amide bonds. The van der Waals surface area contributed by atoms with Crippen molar-refractivity contribution in [2.45, 2.75) is 19.4 Å². The third-order valence-corrected chi connectivity index (χ3v) is 3.85. The van der Waals surface area contributed by atoms with Crippen molar-refractivity contribution in [3.63, 3.8) is 0 Å². The van der Waals surface area contributed by atoms with Gasteiger partial charge in [-0.25, -0.2) is 4.98 Å². The van der Waals surface area contributed by atoms with Gasteiger partial charge in [0.1, 0.15) is 5.82 Å². The van der Waals surface area contributed by atoms with Crippen molar-refractivity contribution in [2.75, 3.05) is 5.32 Å². The summed E-state index contributed by atoms with van der Waals surface area (Å²) < 4.78 is 4.32. The van der Waals surface area contributed by atoms with E-state index in [0.717, 1.165) is 28.6 Å². The molecule has 0 saturated carbocycles. The Kier molecular flexibility index (Phi) is 4.21. The largest absolute Gasteiger partial charge is 0.348 e. The number of hydrogen-bond acceptors (Lipinski definition) is 5. The zero-order valence-electron chi connectivity index (χ0n) is 11.7. The molecule has 4 nitrogen and oxygen atoms in total. The SMILES string of the molecule is CCc1nsc(NC(c2ccccc2)c2ccccn2)n1. The molecule has 0 saturated heterocycles. The van der Waals surface area contributed by atoms with Crippen LogP contribution in [0.5, 0.6) is 0 Å². The second-order valence-corrected chi connectivity index (χ2v) is 5.36. The summed E-state index contributed by atoms with van der Waals surface area (Å²) in [5.74, 6) is 0.871. The van der Waals surface area contributed by atoms with E-state index in [2.05, 4.69) is 38.7 Å². The Morgan fingerprint density at radius 2 is 1.90 bits per heavy atom. The van der Waals surface area contributed by atoms with E-state index in [-0.39, 0.29) is 6.04 Å². The minimum atomic E-state index is -0.0231. The summed E-state index contributed by atoms with van der Waals surface area (Å²) in [6, 6.07) is 16.2. The van der Waals surface area contributed by atoms with Gasteiger partial charge in [-0.1, -0.05) is 43.3 Å². The van der Waals surface area contributed by atoms with E-state index < -0.39 is 0 Å². The molecule has 0 aliphatic heterocycles. The van der Waals surface area contributed by atoms with Crippen LogP contribution in [-0.4, -0.2) is 14.3 Å². The van der Waals surface area contributed by atoms with Crippen molar-refractivity contribution in [2.24, 2.45) is 0 Å². The highest BCUT2D eigenvalue weighted by molar-refractivity contribution is 7.09. The van der Waals surface area contributed by atoms with Crippen molar-refractivity contribution in [3.05, 3.63) is 71.8 Å². The number of benzene rings is 1. The van der Waals surface area contributed by atoms with Gasteiger partial charge in [0, 0.05) is 24.2 Å². The predicted octanol–water partition coefficient (Wildman–Crippen LogP) is 3.70. The van der Waals surface area contributed by atoms with E-state index in [9.17, 15) is 0 Å². The van der Waals surface area contributed by atoms with Gasteiger partial charge in [-0.15, -0.1) is 0 Å². The standard InChI is InChI=1S/C16H16N4S/c1-2-14-18-16(21-20-14)19-15(12-8-4-3-5-9-12)13-10-6-7-11-17-13/h3-11,15H,2H2,1H3,(H,18,19,20). The molecule has 21 heavy (non-hydrogen) atoms. The molecule has 0 aliphatic carbocycles. The summed E-state index contributed by atoms with van der Waals surface area (Å²) in [5.41, 5.74) is 2.13. The van der Waals surface area contributed by atoms with E-state index in [1.54, 1.807) is 0 Å². The lowest BCUT2D eigenvalue weighted by atomic mass is 10.0. The molecule has 2 heterocycles. The first kappa shape index (κ1) is 13.7. The number of nitrogens with zero attached hydrogens (tertiary/aromatic N) is 3. The van der Waals surface area contributed by atoms with Crippen LogP contribution >= 0.6 is 11.5 Å². The van der Waals surface area contributed by atoms with Crippen LogP contribution in [0.2, 0.25) is 0 Å². The highest BCUT2D eigenvalue weighted by Gasteiger charge is 2.16. The maximum absolute atomic E-state index is 4.49. The lowest BCUT2D eigenvalue weighted by Gasteiger charge is -2.17. The monoisotopic (exact) mass is 296 g/mol. The first-order chi connectivity index (χ1) is 10.4. The predicted molar refractivity (Wildman–Crippen MR) is 85.4 cm³/mol. The van der Waals surface area contributed by atoms with Gasteiger partial charge in [0.05, 0.1) is 11.7 Å². The Bertz CT molecular complexity index is 642. The molecular formula is C16H16N4S. The van der Waals surface area contributed by atoms with Crippen LogP contribution in [-0.2, 0) is 6.42 Å². The average Bonchev–Trinajstić information content (AvgIpc) is 3.02. The lowest BCUT2D eigenvalue weighted by molar-refractivity contribution is 0.879. The van der Waals surface area contributed by atoms with Crippen LogP contribution in [0.25, 0.3) is 0 Å². The van der Waals surface area contributed by atoms with E-state index in [4.69, 9.17) is 0 Å². The maximum atomic E-state index is 4.49. The van der Waals surface area contributed by atoms with Gasteiger partial charge in [-0.05, 0) is 17.7 Å². The topological polar surface area (TPSA) is 50.7 Å². The zero-order chi connectivity index (χ0) is 14.5. The van der Waals surface area contributed by atoms with Crippen molar-refractivity contribution in [1.82, 2.24) is 14.3 Å². The quantitative estimate of drug-likeness (QED) is 0.780. The molecule has 0 aliphatic rings. The maximum Gasteiger partial charge on any atom is 0.203 e. The van der Waals surface area contributed by atoms with E-state index in [1.165, 1.54) is 11.5 Å². The Labute approximate surface area is 128 Å². The number of pyridine rings is 1. The smallest absolute Gasteiger partial charge is 0.203 e. The fourth-order valence-electron chi connectivity index (χ4n) is 2.10. The van der Waals surface area contributed by atoms with Gasteiger partial charge in [-0.2, -0.15) is 4.37 Å². The normalized spacial score (nSPS) is 12.0. The molecular weight excluding hydrogens is 280 g/mol. The van der Waals surface area contributed by atoms with Gasteiger partial charge in [0.25, 0.3) is 0 Å². The number of aromatic nitrogens is 3. The molecule has 5 heteroatoms. The summed E-state index contributed by atoms with van der Waals surface area (Å²) in [7, 11) is 0.